The molecule has 2 aliphatic carbocycles. The molecule has 11 aromatic carbocycles. The van der Waals surface area contributed by atoms with Gasteiger partial charge in [-0.25, -0.2) is 0 Å². The minimum absolute atomic E-state index is 0.252. The molecule has 0 heterocycles. The normalized spacial score (nSPS) is 13.7. The molecule has 0 aliphatic heterocycles. The van der Waals surface area contributed by atoms with Gasteiger partial charge in [0.05, 0.1) is 0 Å². The molecule has 0 saturated heterocycles. The Labute approximate surface area is 409 Å². The van der Waals surface area contributed by atoms with Crippen molar-refractivity contribution in [2.45, 2.75) is 65.2 Å². The Morgan fingerprint density at radius 2 is 0.557 bits per heavy atom. The summed E-state index contributed by atoms with van der Waals surface area (Å²) in [5.41, 5.74) is 13.0. The van der Waals surface area contributed by atoms with Gasteiger partial charge >= 0.3 is 0 Å². The summed E-state index contributed by atoms with van der Waals surface area (Å²) in [7, 11) is 0. The molecule has 0 N–H and O–H groups in total. The average Bonchev–Trinajstić information content (AvgIpc) is 3.38. The predicted molar refractivity (Wildman–Crippen MR) is 286 cm³/mol. The molecule has 11 aromatic rings. The van der Waals surface area contributed by atoms with Crippen molar-refractivity contribution >= 4 is 43.1 Å². The highest BCUT2D eigenvalue weighted by molar-refractivity contribution is 6.39. The van der Waals surface area contributed by atoms with Crippen molar-refractivity contribution in [3.8, 4) is 46.0 Å². The van der Waals surface area contributed by atoms with Crippen LogP contribution in [0.5, 0.6) is 46.0 Å². The zero-order valence-electron chi connectivity index (χ0n) is 39.9. The molecule has 0 aromatic heterocycles. The largest absolute Gasteiger partial charge is 0.457 e. The van der Waals surface area contributed by atoms with Crippen molar-refractivity contribution < 1.29 is 18.9 Å². The Hall–Kier alpha value is -8.08. The molecule has 340 valence electrons. The molecule has 0 amide bonds. The fourth-order valence-electron chi connectivity index (χ4n) is 12.0. The molecule has 0 unspecified atom stereocenters. The zero-order valence-corrected chi connectivity index (χ0v) is 39.9. The summed E-state index contributed by atoms with van der Waals surface area (Å²) in [6.07, 6.45) is 3.44. The van der Waals surface area contributed by atoms with Crippen LogP contribution in [0.25, 0.3) is 43.1 Å². The summed E-state index contributed by atoms with van der Waals surface area (Å²) in [5.74, 6) is 6.75. The van der Waals surface area contributed by atoms with Crippen LogP contribution in [0.15, 0.2) is 182 Å². The van der Waals surface area contributed by atoms with Crippen molar-refractivity contribution in [2.75, 3.05) is 0 Å². The van der Waals surface area contributed by atoms with Gasteiger partial charge in [-0.15, -0.1) is 0 Å². The van der Waals surface area contributed by atoms with E-state index in [1.807, 2.05) is 72.8 Å². The molecule has 2 aliphatic rings. The summed E-state index contributed by atoms with van der Waals surface area (Å²) in [6.45, 7) is 8.90. The third kappa shape index (κ3) is 7.20. The number of para-hydroxylation sites is 4. The van der Waals surface area contributed by atoms with Crippen LogP contribution in [0.2, 0.25) is 0 Å². The molecule has 0 radical (unpaired) electrons. The molecule has 13 rings (SSSR count). The SMILES string of the molecule is Cc1ccc(C)c(C2Cc3cc(Oc4ccccc4)c4c5c(Oc6ccccc6)cc6c7c(cc(Oc8ccccc8)c(c8c(Oc9ccccc9)cc(c3c48)C2)c75)CC(c2cc(C)ccc2C)C6)c1. The van der Waals surface area contributed by atoms with Crippen molar-refractivity contribution in [2.24, 2.45) is 0 Å². The maximum Gasteiger partial charge on any atom is 0.136 e. The summed E-state index contributed by atoms with van der Waals surface area (Å²) in [6, 6.07) is 64.1. The van der Waals surface area contributed by atoms with E-state index in [0.29, 0.717) is 0 Å². The first-order chi connectivity index (χ1) is 34.3. The maximum absolute atomic E-state index is 7.30. The van der Waals surface area contributed by atoms with E-state index < -0.39 is 0 Å². The number of fused-ring (bicyclic) bond motifs is 2. The highest BCUT2D eigenvalue weighted by Crippen LogP contribution is 2.59. The second-order valence-electron chi connectivity index (χ2n) is 19.7. The first kappa shape index (κ1) is 42.1. The highest BCUT2D eigenvalue weighted by atomic mass is 16.5. The molecule has 4 nitrogen and oxygen atoms in total. The van der Waals surface area contributed by atoms with Gasteiger partial charge in [-0.05, 0) is 193 Å². The first-order valence-corrected chi connectivity index (χ1v) is 24.7. The van der Waals surface area contributed by atoms with E-state index >= 15 is 0 Å². The number of hydrogen-bond donors (Lipinski definition) is 0. The average molecular weight is 909 g/mol. The van der Waals surface area contributed by atoms with Crippen molar-refractivity contribution in [3.63, 3.8) is 0 Å². The molecule has 0 spiro atoms. The third-order valence-electron chi connectivity index (χ3n) is 15.0. The lowest BCUT2D eigenvalue weighted by Crippen LogP contribution is -2.16. The van der Waals surface area contributed by atoms with Crippen LogP contribution in [-0.4, -0.2) is 0 Å². The van der Waals surface area contributed by atoms with Crippen LogP contribution in [-0.2, 0) is 25.7 Å². The van der Waals surface area contributed by atoms with Gasteiger partial charge in [0.15, 0.2) is 0 Å². The summed E-state index contributed by atoms with van der Waals surface area (Å²) in [5, 5.41) is 8.72. The van der Waals surface area contributed by atoms with Gasteiger partial charge in [0.25, 0.3) is 0 Å². The Morgan fingerprint density at radius 1 is 0.286 bits per heavy atom. The molecular formula is C66H52O4. The van der Waals surface area contributed by atoms with Crippen LogP contribution >= 0.6 is 0 Å². The lowest BCUT2D eigenvalue weighted by molar-refractivity contribution is 0.480. The predicted octanol–water partition coefficient (Wildman–Crippen LogP) is 17.9. The van der Waals surface area contributed by atoms with Gasteiger partial charge in [-0.2, -0.15) is 0 Å². The third-order valence-corrected chi connectivity index (χ3v) is 15.0. The quantitative estimate of drug-likeness (QED) is 0.101. The van der Waals surface area contributed by atoms with E-state index in [9.17, 15) is 0 Å². The van der Waals surface area contributed by atoms with Crippen LogP contribution < -0.4 is 18.9 Å². The van der Waals surface area contributed by atoms with Crippen LogP contribution in [0, 0.1) is 27.7 Å². The standard InChI is InChI=1S/C66H52O4/c1-39-25-27-41(3)53(29-39)43-31-45-35-55(67-49-17-9-5-10-18-49)61-63-57(69-51-21-13-7-14-22-51)37-47-33-44(54-30-40(2)26-28-42(54)4)34-48-38-58(70-52-23-15-8-16-24-52)64(66(63)60(47)48)62-56(68-50-19-11-6-12-20-50)36-46(32-43)59(45)65(61)62/h5-30,35-38,43-44H,31-34H2,1-4H3. The Balaban J connectivity index is 1.21. The van der Waals surface area contributed by atoms with Crippen LogP contribution in [0.1, 0.15) is 67.5 Å². The molecular weight excluding hydrogens is 857 g/mol. The Morgan fingerprint density at radius 3 is 0.829 bits per heavy atom. The molecule has 0 atom stereocenters. The van der Waals surface area contributed by atoms with Crippen molar-refractivity contribution in [1.29, 1.82) is 0 Å². The summed E-state index contributed by atoms with van der Waals surface area (Å²) >= 11 is 0. The smallest absolute Gasteiger partial charge is 0.136 e. The fourth-order valence-corrected chi connectivity index (χ4v) is 12.0. The van der Waals surface area contributed by atoms with Crippen LogP contribution in [0.3, 0.4) is 0 Å². The second-order valence-corrected chi connectivity index (χ2v) is 19.7. The lowest BCUT2D eigenvalue weighted by atomic mass is 9.73. The van der Waals surface area contributed by atoms with E-state index in [4.69, 9.17) is 18.9 Å². The van der Waals surface area contributed by atoms with E-state index in [1.54, 1.807) is 0 Å². The minimum atomic E-state index is 0.252. The highest BCUT2D eigenvalue weighted by Gasteiger charge is 2.35. The fraction of sp³-hybridized carbons (Fsp3) is 0.152. The summed E-state index contributed by atoms with van der Waals surface area (Å²) < 4.78 is 29.2. The number of hydrogen-bond acceptors (Lipinski definition) is 4. The molecule has 0 saturated carbocycles. The Bertz CT molecular complexity index is 3360. The zero-order chi connectivity index (χ0) is 47.0. The maximum atomic E-state index is 7.30. The van der Waals surface area contributed by atoms with E-state index in [1.165, 1.54) is 66.4 Å². The summed E-state index contributed by atoms with van der Waals surface area (Å²) in [4.78, 5) is 0. The van der Waals surface area contributed by atoms with Gasteiger partial charge in [-0.3, -0.25) is 0 Å². The first-order valence-electron chi connectivity index (χ1n) is 24.7. The lowest BCUT2D eigenvalue weighted by Gasteiger charge is -2.33. The Kier molecular flexibility index (Phi) is 10.1. The van der Waals surface area contributed by atoms with Gasteiger partial charge < -0.3 is 18.9 Å². The minimum Gasteiger partial charge on any atom is -0.457 e. The number of aryl methyl sites for hydroxylation is 4. The van der Waals surface area contributed by atoms with Crippen molar-refractivity contribution in [1.82, 2.24) is 0 Å². The van der Waals surface area contributed by atoms with Gasteiger partial charge in [-0.1, -0.05) is 120 Å². The second kappa shape index (κ2) is 16.9. The number of rotatable bonds is 10. The monoisotopic (exact) mass is 908 g/mol. The molecule has 70 heavy (non-hydrogen) atoms. The van der Waals surface area contributed by atoms with Gasteiger partial charge in [0, 0.05) is 32.3 Å². The van der Waals surface area contributed by atoms with Gasteiger partial charge in [0.1, 0.15) is 46.0 Å². The number of benzene rings is 11. The molecule has 4 heteroatoms. The van der Waals surface area contributed by atoms with Gasteiger partial charge in [0.2, 0.25) is 0 Å². The topological polar surface area (TPSA) is 36.9 Å². The van der Waals surface area contributed by atoms with E-state index in [0.717, 1.165) is 104 Å². The molecule has 0 bridgehead atoms. The number of ether oxygens (including phenoxy) is 4. The van der Waals surface area contributed by atoms with Crippen molar-refractivity contribution in [3.05, 3.63) is 238 Å². The van der Waals surface area contributed by atoms with E-state index in [-0.39, 0.29) is 11.8 Å². The van der Waals surface area contributed by atoms with E-state index in [2.05, 4.69) is 137 Å². The van der Waals surface area contributed by atoms with Crippen LogP contribution in [0.4, 0.5) is 0 Å². The molecule has 0 fully saturated rings.